The molecule has 0 aromatic carbocycles. The summed E-state index contributed by atoms with van der Waals surface area (Å²) in [4.78, 5) is 44.7. The molecule has 1 N–H and O–H groups in total. The summed E-state index contributed by atoms with van der Waals surface area (Å²) in [6.45, 7) is 1.06. The maximum atomic E-state index is 12.7. The third-order valence-corrected chi connectivity index (χ3v) is 3.69. The van der Waals surface area contributed by atoms with E-state index >= 15 is 0 Å². The maximum Gasteiger partial charge on any atom is 0.433 e. The highest BCUT2D eigenvalue weighted by atomic mass is 19.4. The molecular formula is C14H16F3N5O3. The van der Waals surface area contributed by atoms with Crippen LogP contribution in [0.3, 0.4) is 0 Å². The number of aryl methyl sites for hydroxylation is 1. The van der Waals surface area contributed by atoms with Crippen LogP contribution in [0.15, 0.2) is 6.07 Å². The van der Waals surface area contributed by atoms with Gasteiger partial charge in [0, 0.05) is 19.8 Å². The van der Waals surface area contributed by atoms with E-state index in [1.54, 1.807) is 0 Å². The Kier molecular flexibility index (Phi) is 4.95. The summed E-state index contributed by atoms with van der Waals surface area (Å²) in [7, 11) is 2.69. The number of nitrogens with one attached hydrogen (secondary N) is 1. The van der Waals surface area contributed by atoms with Gasteiger partial charge >= 0.3 is 12.2 Å². The highest BCUT2D eigenvalue weighted by Gasteiger charge is 2.41. The Labute approximate surface area is 141 Å². The second kappa shape index (κ2) is 6.65. The van der Waals surface area contributed by atoms with Crippen LogP contribution in [0.4, 0.5) is 18.0 Å². The Morgan fingerprint density at radius 3 is 2.44 bits per heavy atom. The zero-order valence-electron chi connectivity index (χ0n) is 13.7. The first-order valence-corrected chi connectivity index (χ1v) is 7.23. The fourth-order valence-corrected chi connectivity index (χ4v) is 2.36. The molecule has 1 saturated heterocycles. The molecule has 1 aromatic rings. The van der Waals surface area contributed by atoms with Gasteiger partial charge in [0.1, 0.15) is 17.6 Å². The van der Waals surface area contributed by atoms with Crippen LogP contribution in [-0.4, -0.2) is 57.8 Å². The van der Waals surface area contributed by atoms with Crippen molar-refractivity contribution in [3.8, 4) is 0 Å². The fraction of sp³-hybridized carbons (Fsp3) is 0.500. The minimum Gasteiger partial charge on any atom is -0.349 e. The van der Waals surface area contributed by atoms with Crippen LogP contribution in [-0.2, 0) is 22.3 Å². The molecule has 0 bridgehead atoms. The van der Waals surface area contributed by atoms with E-state index < -0.39 is 35.8 Å². The van der Waals surface area contributed by atoms with Gasteiger partial charge in [-0.25, -0.2) is 14.8 Å². The van der Waals surface area contributed by atoms with Gasteiger partial charge in [-0.3, -0.25) is 14.5 Å². The average molecular weight is 359 g/mol. The van der Waals surface area contributed by atoms with Crippen molar-refractivity contribution >= 4 is 17.8 Å². The molecule has 1 fully saturated rings. The molecule has 0 saturated carbocycles. The highest BCUT2D eigenvalue weighted by molar-refractivity contribution is 6.05. The number of hydrogen-bond donors (Lipinski definition) is 1. The third-order valence-electron chi connectivity index (χ3n) is 3.69. The number of amides is 4. The van der Waals surface area contributed by atoms with E-state index in [4.69, 9.17) is 0 Å². The van der Waals surface area contributed by atoms with Crippen molar-refractivity contribution in [1.29, 1.82) is 0 Å². The number of carbonyl (C=O) groups is 3. The minimum atomic E-state index is -4.61. The molecule has 0 aliphatic carbocycles. The second-order valence-electron chi connectivity index (χ2n) is 5.60. The van der Waals surface area contributed by atoms with Gasteiger partial charge in [-0.1, -0.05) is 0 Å². The van der Waals surface area contributed by atoms with Crippen molar-refractivity contribution in [3.63, 3.8) is 0 Å². The number of rotatable bonds is 4. The quantitative estimate of drug-likeness (QED) is 0.799. The molecule has 1 aliphatic heterocycles. The van der Waals surface area contributed by atoms with Crippen LogP contribution in [0.5, 0.6) is 0 Å². The smallest absolute Gasteiger partial charge is 0.349 e. The van der Waals surface area contributed by atoms with E-state index in [9.17, 15) is 27.6 Å². The number of likely N-dealkylation sites (N-methyl/N-ethyl adjacent to an activating group) is 2. The van der Waals surface area contributed by atoms with E-state index in [-0.39, 0.29) is 24.5 Å². The molecule has 1 unspecified atom stereocenters. The Balaban J connectivity index is 2.00. The maximum absolute atomic E-state index is 12.7. The molecule has 0 spiro atoms. The molecule has 1 atom stereocenters. The van der Waals surface area contributed by atoms with Crippen LogP contribution in [0.25, 0.3) is 0 Å². The van der Waals surface area contributed by atoms with E-state index in [1.165, 1.54) is 21.0 Å². The molecule has 25 heavy (non-hydrogen) atoms. The number of carbonyl (C=O) groups excluding carboxylic acids is 3. The van der Waals surface area contributed by atoms with E-state index in [0.717, 1.165) is 15.9 Å². The van der Waals surface area contributed by atoms with Crippen molar-refractivity contribution in [2.24, 2.45) is 0 Å². The number of hydrogen-bond acceptors (Lipinski definition) is 5. The minimum absolute atomic E-state index is 0.115. The molecule has 11 heteroatoms. The zero-order chi connectivity index (χ0) is 18.9. The van der Waals surface area contributed by atoms with Crippen LogP contribution in [0, 0.1) is 6.92 Å². The Hall–Kier alpha value is -2.72. The van der Waals surface area contributed by atoms with Crippen molar-refractivity contribution < 1.29 is 27.6 Å². The van der Waals surface area contributed by atoms with Gasteiger partial charge in [-0.15, -0.1) is 0 Å². The summed E-state index contributed by atoms with van der Waals surface area (Å²) >= 11 is 0. The molecule has 1 aromatic heterocycles. The molecule has 2 rings (SSSR count). The summed E-state index contributed by atoms with van der Waals surface area (Å²) in [6, 6.07) is -0.667. The Bertz CT molecular complexity index is 722. The van der Waals surface area contributed by atoms with E-state index in [1.807, 2.05) is 0 Å². The normalized spacial score (nSPS) is 18.1. The highest BCUT2D eigenvalue weighted by Crippen LogP contribution is 2.27. The zero-order valence-corrected chi connectivity index (χ0v) is 13.7. The number of nitrogens with zero attached hydrogens (tertiary/aromatic N) is 4. The van der Waals surface area contributed by atoms with Crippen molar-refractivity contribution in [2.75, 3.05) is 14.1 Å². The summed E-state index contributed by atoms with van der Waals surface area (Å²) in [5.41, 5.74) is -0.980. The predicted molar refractivity (Wildman–Crippen MR) is 78.0 cm³/mol. The Morgan fingerprint density at radius 1 is 1.28 bits per heavy atom. The third kappa shape index (κ3) is 4.03. The lowest BCUT2D eigenvalue weighted by Gasteiger charge is -2.15. The van der Waals surface area contributed by atoms with Crippen LogP contribution < -0.4 is 5.32 Å². The summed E-state index contributed by atoms with van der Waals surface area (Å²) < 4.78 is 38.2. The van der Waals surface area contributed by atoms with Crippen LogP contribution in [0.1, 0.15) is 23.6 Å². The van der Waals surface area contributed by atoms with E-state index in [0.29, 0.717) is 0 Å². The molecule has 4 amide bonds. The van der Waals surface area contributed by atoms with Crippen molar-refractivity contribution in [2.45, 2.75) is 32.1 Å². The topological polar surface area (TPSA) is 95.5 Å². The average Bonchev–Trinajstić information content (AvgIpc) is 2.69. The first-order chi connectivity index (χ1) is 11.5. The SMILES string of the molecule is Cc1cc(C(F)(F)F)nc(CNC(=O)CC2C(=O)N(C)C(=O)N2C)n1. The molecule has 0 radical (unpaired) electrons. The largest absolute Gasteiger partial charge is 0.433 e. The fourth-order valence-electron chi connectivity index (χ4n) is 2.36. The van der Waals surface area contributed by atoms with Gasteiger partial charge in [0.25, 0.3) is 5.91 Å². The van der Waals surface area contributed by atoms with E-state index in [2.05, 4.69) is 15.3 Å². The summed E-state index contributed by atoms with van der Waals surface area (Å²) in [5, 5.41) is 2.36. The molecule has 2 heterocycles. The van der Waals surface area contributed by atoms with Gasteiger partial charge in [0.15, 0.2) is 0 Å². The first kappa shape index (κ1) is 18.6. The molecular weight excluding hydrogens is 343 g/mol. The molecule has 1 aliphatic rings. The van der Waals surface area contributed by atoms with Gasteiger partial charge in [-0.05, 0) is 13.0 Å². The van der Waals surface area contributed by atoms with Gasteiger partial charge in [-0.2, -0.15) is 13.2 Å². The summed E-state index contributed by atoms with van der Waals surface area (Å²) in [5.74, 6) is -1.32. The van der Waals surface area contributed by atoms with Gasteiger partial charge in [0.2, 0.25) is 5.91 Å². The van der Waals surface area contributed by atoms with Crippen LogP contribution in [0.2, 0.25) is 0 Å². The van der Waals surface area contributed by atoms with Gasteiger partial charge < -0.3 is 10.2 Å². The predicted octanol–water partition coefficient (Wildman–Crippen LogP) is 0.703. The number of alkyl halides is 3. The number of imide groups is 1. The lowest BCUT2D eigenvalue weighted by atomic mass is 10.2. The lowest BCUT2D eigenvalue weighted by molar-refractivity contribution is -0.141. The number of aromatic nitrogens is 2. The summed E-state index contributed by atoms with van der Waals surface area (Å²) in [6.07, 6.45) is -4.92. The van der Waals surface area contributed by atoms with Crippen LogP contribution >= 0.6 is 0 Å². The number of halogens is 3. The van der Waals surface area contributed by atoms with Crippen molar-refractivity contribution in [1.82, 2.24) is 25.1 Å². The first-order valence-electron chi connectivity index (χ1n) is 7.23. The second-order valence-corrected chi connectivity index (χ2v) is 5.60. The molecule has 8 nitrogen and oxygen atoms in total. The lowest BCUT2D eigenvalue weighted by Crippen LogP contribution is -2.37. The van der Waals surface area contributed by atoms with Crippen molar-refractivity contribution in [3.05, 3.63) is 23.3 Å². The Morgan fingerprint density at radius 2 is 1.92 bits per heavy atom. The number of urea groups is 1. The van der Waals surface area contributed by atoms with Gasteiger partial charge in [0.05, 0.1) is 13.0 Å². The standard InChI is InChI=1S/C14H16F3N5O3/c1-7-4-9(14(15,16)17)20-10(19-7)6-18-11(23)5-8-12(24)22(3)13(25)21(8)2/h4,8H,5-6H2,1-3H3,(H,18,23). The monoisotopic (exact) mass is 359 g/mol. The molecule has 136 valence electrons.